The number of halogens is 1. The van der Waals surface area contributed by atoms with Crippen LogP contribution in [0.25, 0.3) is 5.65 Å². The minimum Gasteiger partial charge on any atom is -0.492 e. The average Bonchev–Trinajstić information content (AvgIpc) is 2.90. The Morgan fingerprint density at radius 3 is 3.00 bits per heavy atom. The van der Waals surface area contributed by atoms with Gasteiger partial charge >= 0.3 is 0 Å². The molecule has 0 unspecified atom stereocenters. The van der Waals surface area contributed by atoms with Crippen LogP contribution >= 0.6 is 11.6 Å². The Labute approximate surface area is 128 Å². The molecule has 0 radical (unpaired) electrons. The quantitative estimate of drug-likeness (QED) is 0.774. The highest BCUT2D eigenvalue weighted by Gasteiger charge is 2.06. The van der Waals surface area contributed by atoms with Crippen LogP contribution in [0.4, 0.5) is 5.69 Å². The Hall–Kier alpha value is -2.20. The predicted molar refractivity (Wildman–Crippen MR) is 85.1 cm³/mol. The Kier molecular flexibility index (Phi) is 3.97. The second-order valence-corrected chi connectivity index (χ2v) is 5.06. The standard InChI is InChI=1S/C16H16ClN3O/c1-2-21-15-7-6-12(17)9-14(15)18-10-13-11-20-8-4-3-5-16(20)19-13/h3-9,11,18H,2,10H2,1H3. The number of rotatable bonds is 5. The first-order valence-corrected chi connectivity index (χ1v) is 7.23. The molecule has 5 heteroatoms. The van der Waals surface area contributed by atoms with Crippen LogP contribution in [0.15, 0.2) is 48.8 Å². The number of anilines is 1. The molecular formula is C16H16ClN3O. The highest BCUT2D eigenvalue weighted by molar-refractivity contribution is 6.30. The third-order valence-electron chi connectivity index (χ3n) is 3.12. The van der Waals surface area contributed by atoms with Crippen molar-refractivity contribution in [1.82, 2.24) is 9.38 Å². The molecule has 0 aliphatic heterocycles. The highest BCUT2D eigenvalue weighted by atomic mass is 35.5. The summed E-state index contributed by atoms with van der Waals surface area (Å²) >= 11 is 6.05. The van der Waals surface area contributed by atoms with Gasteiger partial charge in [-0.2, -0.15) is 0 Å². The molecule has 3 rings (SSSR count). The zero-order valence-electron chi connectivity index (χ0n) is 11.7. The van der Waals surface area contributed by atoms with Gasteiger partial charge < -0.3 is 14.5 Å². The average molecular weight is 302 g/mol. The number of imidazole rings is 1. The van der Waals surface area contributed by atoms with E-state index in [1.807, 2.05) is 60.1 Å². The Morgan fingerprint density at radius 1 is 1.29 bits per heavy atom. The molecule has 0 spiro atoms. The molecule has 0 aliphatic rings. The predicted octanol–water partition coefficient (Wildman–Crippen LogP) is 4.00. The minimum absolute atomic E-state index is 0.613. The van der Waals surface area contributed by atoms with E-state index in [2.05, 4.69) is 10.3 Å². The van der Waals surface area contributed by atoms with Crippen LogP contribution in [-0.2, 0) is 6.54 Å². The Balaban J connectivity index is 1.79. The fourth-order valence-corrected chi connectivity index (χ4v) is 2.35. The zero-order chi connectivity index (χ0) is 14.7. The maximum absolute atomic E-state index is 6.05. The maximum atomic E-state index is 6.05. The van der Waals surface area contributed by atoms with Gasteiger partial charge in [-0.05, 0) is 37.3 Å². The smallest absolute Gasteiger partial charge is 0.142 e. The van der Waals surface area contributed by atoms with Gasteiger partial charge in [-0.15, -0.1) is 0 Å². The molecule has 2 aromatic heterocycles. The lowest BCUT2D eigenvalue weighted by molar-refractivity contribution is 0.341. The number of benzene rings is 1. The lowest BCUT2D eigenvalue weighted by Gasteiger charge is -2.11. The van der Waals surface area contributed by atoms with Crippen molar-refractivity contribution >= 4 is 22.9 Å². The van der Waals surface area contributed by atoms with Gasteiger partial charge in [0.1, 0.15) is 11.4 Å². The van der Waals surface area contributed by atoms with E-state index in [9.17, 15) is 0 Å². The summed E-state index contributed by atoms with van der Waals surface area (Å²) in [4.78, 5) is 4.55. The van der Waals surface area contributed by atoms with Gasteiger partial charge in [-0.25, -0.2) is 4.98 Å². The first-order valence-electron chi connectivity index (χ1n) is 6.85. The number of aromatic nitrogens is 2. The lowest BCUT2D eigenvalue weighted by Crippen LogP contribution is -2.03. The van der Waals surface area contributed by atoms with Gasteiger partial charge in [-0.1, -0.05) is 17.7 Å². The molecule has 0 amide bonds. The van der Waals surface area contributed by atoms with Crippen molar-refractivity contribution in [2.24, 2.45) is 0 Å². The topological polar surface area (TPSA) is 38.6 Å². The van der Waals surface area contributed by atoms with Crippen LogP contribution in [-0.4, -0.2) is 16.0 Å². The van der Waals surface area contributed by atoms with Crippen molar-refractivity contribution in [3.05, 3.63) is 59.5 Å². The molecule has 1 aromatic carbocycles. The van der Waals surface area contributed by atoms with Crippen LogP contribution in [0.1, 0.15) is 12.6 Å². The van der Waals surface area contributed by atoms with E-state index in [1.165, 1.54) is 0 Å². The van der Waals surface area contributed by atoms with Crippen molar-refractivity contribution in [1.29, 1.82) is 0 Å². The van der Waals surface area contributed by atoms with Gasteiger partial charge in [-0.3, -0.25) is 0 Å². The number of hydrogen-bond acceptors (Lipinski definition) is 3. The number of hydrogen-bond donors (Lipinski definition) is 1. The fraction of sp³-hybridized carbons (Fsp3) is 0.188. The molecule has 108 valence electrons. The van der Waals surface area contributed by atoms with Crippen molar-refractivity contribution < 1.29 is 4.74 Å². The van der Waals surface area contributed by atoms with E-state index in [0.717, 1.165) is 22.8 Å². The van der Waals surface area contributed by atoms with E-state index in [-0.39, 0.29) is 0 Å². The third-order valence-corrected chi connectivity index (χ3v) is 3.35. The molecular weight excluding hydrogens is 286 g/mol. The van der Waals surface area contributed by atoms with Crippen LogP contribution in [0.5, 0.6) is 5.75 Å². The van der Waals surface area contributed by atoms with Gasteiger partial charge in [0.25, 0.3) is 0 Å². The van der Waals surface area contributed by atoms with Crippen LogP contribution < -0.4 is 10.1 Å². The molecule has 21 heavy (non-hydrogen) atoms. The summed E-state index contributed by atoms with van der Waals surface area (Å²) in [5, 5.41) is 4.01. The number of pyridine rings is 1. The highest BCUT2D eigenvalue weighted by Crippen LogP contribution is 2.28. The largest absolute Gasteiger partial charge is 0.492 e. The van der Waals surface area contributed by atoms with E-state index in [0.29, 0.717) is 18.2 Å². The molecule has 0 saturated heterocycles. The number of fused-ring (bicyclic) bond motifs is 1. The first-order chi connectivity index (χ1) is 10.3. The summed E-state index contributed by atoms with van der Waals surface area (Å²) in [6, 6.07) is 11.5. The van der Waals surface area contributed by atoms with E-state index < -0.39 is 0 Å². The lowest BCUT2D eigenvalue weighted by atomic mass is 10.3. The molecule has 0 aliphatic carbocycles. The van der Waals surface area contributed by atoms with Crippen LogP contribution in [0.2, 0.25) is 5.02 Å². The van der Waals surface area contributed by atoms with Gasteiger partial charge in [0.05, 0.1) is 24.5 Å². The Bertz CT molecular complexity index is 721. The minimum atomic E-state index is 0.613. The second-order valence-electron chi connectivity index (χ2n) is 4.63. The summed E-state index contributed by atoms with van der Waals surface area (Å²) < 4.78 is 7.59. The molecule has 2 heterocycles. The molecule has 4 nitrogen and oxygen atoms in total. The van der Waals surface area contributed by atoms with Gasteiger partial charge in [0, 0.05) is 17.4 Å². The summed E-state index contributed by atoms with van der Waals surface area (Å²) in [5.41, 5.74) is 2.77. The molecule has 3 aromatic rings. The monoisotopic (exact) mass is 301 g/mol. The van der Waals surface area contributed by atoms with Crippen LogP contribution in [0, 0.1) is 0 Å². The Morgan fingerprint density at radius 2 is 2.19 bits per heavy atom. The zero-order valence-corrected chi connectivity index (χ0v) is 12.5. The van der Waals surface area contributed by atoms with Crippen molar-refractivity contribution in [2.75, 3.05) is 11.9 Å². The number of nitrogens with one attached hydrogen (secondary N) is 1. The number of nitrogens with zero attached hydrogens (tertiary/aromatic N) is 2. The van der Waals surface area contributed by atoms with E-state index >= 15 is 0 Å². The fourth-order valence-electron chi connectivity index (χ4n) is 2.18. The summed E-state index contributed by atoms with van der Waals surface area (Å²) in [6.07, 6.45) is 3.99. The van der Waals surface area contributed by atoms with E-state index in [4.69, 9.17) is 16.3 Å². The van der Waals surface area contributed by atoms with Crippen molar-refractivity contribution in [3.63, 3.8) is 0 Å². The summed E-state index contributed by atoms with van der Waals surface area (Å²) in [6.45, 7) is 3.19. The molecule has 1 N–H and O–H groups in total. The molecule has 0 saturated carbocycles. The second kappa shape index (κ2) is 6.06. The molecule has 0 atom stereocenters. The SMILES string of the molecule is CCOc1ccc(Cl)cc1NCc1cn2ccccc2n1. The van der Waals surface area contributed by atoms with Crippen LogP contribution in [0.3, 0.4) is 0 Å². The third kappa shape index (κ3) is 3.11. The number of ether oxygens (including phenoxy) is 1. The van der Waals surface area contributed by atoms with Crippen molar-refractivity contribution in [3.8, 4) is 5.75 Å². The maximum Gasteiger partial charge on any atom is 0.142 e. The normalized spacial score (nSPS) is 10.8. The summed E-state index contributed by atoms with van der Waals surface area (Å²) in [7, 11) is 0. The first kappa shape index (κ1) is 13.8. The van der Waals surface area contributed by atoms with Crippen molar-refractivity contribution in [2.45, 2.75) is 13.5 Å². The molecule has 0 fully saturated rings. The molecule has 0 bridgehead atoms. The van der Waals surface area contributed by atoms with E-state index in [1.54, 1.807) is 0 Å². The van der Waals surface area contributed by atoms with Gasteiger partial charge in [0.15, 0.2) is 0 Å². The summed E-state index contributed by atoms with van der Waals surface area (Å²) in [5.74, 6) is 0.797. The van der Waals surface area contributed by atoms with Gasteiger partial charge in [0.2, 0.25) is 0 Å².